The van der Waals surface area contributed by atoms with Gasteiger partial charge in [0.2, 0.25) is 0 Å². The first-order valence-electron chi connectivity index (χ1n) is 11.6. The topological polar surface area (TPSA) is 27.7 Å². The van der Waals surface area contributed by atoms with E-state index in [1.165, 1.54) is 14.7 Å². The predicted octanol–water partition coefficient (Wildman–Crippen LogP) is 7.93. The number of hydrogen-bond donors (Lipinski definition) is 0. The Morgan fingerprint density at radius 2 is 1.97 bits per heavy atom. The van der Waals surface area contributed by atoms with Gasteiger partial charge in [-0.1, -0.05) is 44.6 Å². The second kappa shape index (κ2) is 11.8. The highest BCUT2D eigenvalue weighted by atomic mass is 127. The number of hydrogen-bond acceptors (Lipinski definition) is 3. The summed E-state index contributed by atoms with van der Waals surface area (Å²) in [6, 6.07) is 0. The molecule has 0 radical (unpaired) electrons. The van der Waals surface area contributed by atoms with Crippen LogP contribution in [0.2, 0.25) is 18.1 Å². The van der Waals surface area contributed by atoms with Crippen LogP contribution in [0, 0.1) is 5.92 Å². The first kappa shape index (κ1) is 26.3. The van der Waals surface area contributed by atoms with Gasteiger partial charge in [-0.2, -0.15) is 0 Å². The van der Waals surface area contributed by atoms with Gasteiger partial charge in [0.15, 0.2) is 14.6 Å². The summed E-state index contributed by atoms with van der Waals surface area (Å²) in [7, 11) is -1.85. The summed E-state index contributed by atoms with van der Waals surface area (Å²) in [6.45, 7) is 19.8. The fraction of sp³-hybridized carbons (Fsp3) is 0.760. The zero-order valence-corrected chi connectivity index (χ0v) is 23.2. The summed E-state index contributed by atoms with van der Waals surface area (Å²) in [5.41, 5.74) is 2.90. The summed E-state index contributed by atoms with van der Waals surface area (Å²) in [6.07, 6.45) is 12.5. The highest BCUT2D eigenvalue weighted by Gasteiger charge is 2.39. The molecule has 0 saturated carbocycles. The van der Waals surface area contributed by atoms with Crippen LogP contribution in [0.3, 0.4) is 0 Å². The summed E-state index contributed by atoms with van der Waals surface area (Å²) < 4.78 is 19.5. The molecule has 5 heteroatoms. The van der Waals surface area contributed by atoms with Crippen molar-refractivity contribution < 1.29 is 13.9 Å². The van der Waals surface area contributed by atoms with Crippen molar-refractivity contribution >= 4 is 30.9 Å². The molecule has 2 rings (SSSR count). The smallest absolute Gasteiger partial charge is 0.192 e. The molecule has 0 aromatic heterocycles. The lowest BCUT2D eigenvalue weighted by molar-refractivity contribution is -0.0475. The molecule has 0 bridgehead atoms. The lowest BCUT2D eigenvalue weighted by atomic mass is 9.90. The Bertz CT molecular complexity index is 627. The molecule has 1 aliphatic carbocycles. The first-order valence-corrected chi connectivity index (χ1v) is 15.6. The van der Waals surface area contributed by atoms with E-state index in [1.807, 2.05) is 0 Å². The lowest BCUT2D eigenvalue weighted by Gasteiger charge is -2.39. The second-order valence-electron chi connectivity index (χ2n) is 10.5. The molecule has 3 nitrogen and oxygen atoms in total. The highest BCUT2D eigenvalue weighted by Crippen LogP contribution is 2.39. The van der Waals surface area contributed by atoms with Crippen LogP contribution in [-0.2, 0) is 13.9 Å². The molecule has 0 N–H and O–H groups in total. The van der Waals surface area contributed by atoms with Crippen LogP contribution >= 0.6 is 22.6 Å². The molecular weight excluding hydrogens is 503 g/mol. The van der Waals surface area contributed by atoms with Crippen LogP contribution in [0.5, 0.6) is 0 Å². The fourth-order valence-electron chi connectivity index (χ4n) is 3.72. The van der Waals surface area contributed by atoms with Gasteiger partial charge in [-0.15, -0.1) is 0 Å². The predicted molar refractivity (Wildman–Crippen MR) is 139 cm³/mol. The van der Waals surface area contributed by atoms with E-state index >= 15 is 0 Å². The third-order valence-corrected chi connectivity index (χ3v) is 12.3. The van der Waals surface area contributed by atoms with Crippen molar-refractivity contribution in [2.24, 2.45) is 5.92 Å². The van der Waals surface area contributed by atoms with Crippen molar-refractivity contribution in [3.05, 3.63) is 33.5 Å². The molecule has 1 aliphatic heterocycles. The SMILES string of the molecule is C=C1CCC(C)=CC[C@@H]1C[C@@H](/C=C(\I)CCCC1OCCO1)O[Si](C)(C)C(C)(C)C. The third kappa shape index (κ3) is 8.53. The monoisotopic (exact) mass is 546 g/mol. The van der Waals surface area contributed by atoms with Gasteiger partial charge in [-0.3, -0.25) is 0 Å². The maximum Gasteiger partial charge on any atom is 0.192 e. The molecule has 0 aromatic carbocycles. The van der Waals surface area contributed by atoms with Crippen LogP contribution in [0.1, 0.15) is 72.6 Å². The maximum absolute atomic E-state index is 6.92. The molecule has 1 saturated heterocycles. The summed E-state index contributed by atoms with van der Waals surface area (Å²) in [4.78, 5) is 0. The molecule has 0 spiro atoms. The van der Waals surface area contributed by atoms with E-state index in [-0.39, 0.29) is 17.4 Å². The normalized spacial score (nSPS) is 23.4. The van der Waals surface area contributed by atoms with E-state index in [1.54, 1.807) is 0 Å². The zero-order valence-electron chi connectivity index (χ0n) is 20.1. The molecule has 30 heavy (non-hydrogen) atoms. The van der Waals surface area contributed by atoms with E-state index in [9.17, 15) is 0 Å². The van der Waals surface area contributed by atoms with Crippen molar-refractivity contribution in [3.8, 4) is 0 Å². The minimum absolute atomic E-state index is 0.00202. The Kier molecular flexibility index (Phi) is 10.3. The fourth-order valence-corrected chi connectivity index (χ4v) is 5.78. The molecule has 1 fully saturated rings. The van der Waals surface area contributed by atoms with E-state index in [2.05, 4.69) is 82.1 Å². The quantitative estimate of drug-likeness (QED) is 0.167. The number of ether oxygens (including phenoxy) is 2. The van der Waals surface area contributed by atoms with Gasteiger partial charge in [-0.05, 0) is 108 Å². The summed E-state index contributed by atoms with van der Waals surface area (Å²) in [5.74, 6) is 0.512. The Morgan fingerprint density at radius 1 is 1.30 bits per heavy atom. The molecule has 0 aromatic rings. The van der Waals surface area contributed by atoms with E-state index < -0.39 is 8.32 Å². The van der Waals surface area contributed by atoms with Crippen LogP contribution < -0.4 is 0 Å². The molecule has 2 aliphatic rings. The van der Waals surface area contributed by atoms with Gasteiger partial charge in [-0.25, -0.2) is 0 Å². The first-order chi connectivity index (χ1) is 14.0. The minimum atomic E-state index is -1.85. The number of rotatable bonds is 9. The Morgan fingerprint density at radius 3 is 2.60 bits per heavy atom. The van der Waals surface area contributed by atoms with Crippen LogP contribution in [0.4, 0.5) is 0 Å². The molecule has 2 atom stereocenters. The molecule has 1 heterocycles. The average Bonchev–Trinajstić information content (AvgIpc) is 3.09. The number of allylic oxidation sites excluding steroid dienone is 4. The maximum atomic E-state index is 6.92. The highest BCUT2D eigenvalue weighted by molar-refractivity contribution is 14.1. The van der Waals surface area contributed by atoms with Gasteiger partial charge in [0.1, 0.15) is 0 Å². The van der Waals surface area contributed by atoms with Crippen molar-refractivity contribution in [1.82, 2.24) is 0 Å². The van der Waals surface area contributed by atoms with Crippen LogP contribution in [0.15, 0.2) is 33.5 Å². The Balaban J connectivity index is 2.06. The molecule has 0 amide bonds. The average molecular weight is 547 g/mol. The summed E-state index contributed by atoms with van der Waals surface area (Å²) in [5, 5.41) is 0.207. The Hall–Kier alpha value is 0.0469. The Labute approximate surface area is 200 Å². The largest absolute Gasteiger partial charge is 0.411 e. The van der Waals surface area contributed by atoms with Gasteiger partial charge < -0.3 is 13.9 Å². The van der Waals surface area contributed by atoms with Crippen LogP contribution in [-0.4, -0.2) is 33.9 Å². The zero-order chi connectivity index (χ0) is 22.4. The summed E-state index contributed by atoms with van der Waals surface area (Å²) >= 11 is 2.51. The minimum Gasteiger partial charge on any atom is -0.411 e. The van der Waals surface area contributed by atoms with E-state index in [0.717, 1.165) is 58.2 Å². The van der Waals surface area contributed by atoms with Crippen molar-refractivity contribution in [1.29, 1.82) is 0 Å². The molecular formula is C25H43IO3Si. The van der Waals surface area contributed by atoms with Gasteiger partial charge in [0, 0.05) is 0 Å². The van der Waals surface area contributed by atoms with Crippen molar-refractivity contribution in [2.75, 3.05) is 13.2 Å². The lowest BCUT2D eigenvalue weighted by Crippen LogP contribution is -2.44. The van der Waals surface area contributed by atoms with Crippen molar-refractivity contribution in [3.63, 3.8) is 0 Å². The third-order valence-electron chi connectivity index (χ3n) is 6.85. The van der Waals surface area contributed by atoms with E-state index in [0.29, 0.717) is 5.92 Å². The van der Waals surface area contributed by atoms with Gasteiger partial charge >= 0.3 is 0 Å². The second-order valence-corrected chi connectivity index (χ2v) is 16.6. The number of halogens is 1. The van der Waals surface area contributed by atoms with Gasteiger partial charge in [0.25, 0.3) is 0 Å². The standard InChI is InChI=1S/C25H43IO3Si/c1-19-11-13-20(2)21(14-12-19)17-23(29-30(6,7)25(3,4)5)18-22(26)9-8-10-24-27-15-16-28-24/h12,18,21,23-24H,2,8-11,13-17H2,1,3-7H3/b22-18-/t21-,23+/m1/s1. The molecule has 0 unspecified atom stereocenters. The van der Waals surface area contributed by atoms with Crippen molar-refractivity contribution in [2.45, 2.75) is 103 Å². The molecule has 172 valence electrons. The van der Waals surface area contributed by atoms with Crippen LogP contribution in [0.25, 0.3) is 0 Å². The van der Waals surface area contributed by atoms with Gasteiger partial charge in [0.05, 0.1) is 19.3 Å². The van der Waals surface area contributed by atoms with E-state index in [4.69, 9.17) is 13.9 Å².